The molecule has 11 heavy (non-hydrogen) atoms. The second-order valence-corrected chi connectivity index (χ2v) is 2.90. The minimum Gasteiger partial charge on any atom is -0.508 e. The summed E-state index contributed by atoms with van der Waals surface area (Å²) in [4.78, 5) is 10.4. The Morgan fingerprint density at radius 1 is 1.55 bits per heavy atom. The van der Waals surface area contributed by atoms with Crippen LogP contribution in [0, 0.1) is 0 Å². The van der Waals surface area contributed by atoms with Crippen LogP contribution in [0.1, 0.15) is 15.9 Å². The van der Waals surface area contributed by atoms with Gasteiger partial charge in [-0.1, -0.05) is 22.6 Å². The highest BCUT2D eigenvalue weighted by molar-refractivity contribution is 14.1. The first-order valence-corrected chi connectivity index (χ1v) is 4.63. The molecule has 0 saturated carbocycles. The van der Waals surface area contributed by atoms with E-state index in [1.54, 1.807) is 12.1 Å². The van der Waals surface area contributed by atoms with Crippen molar-refractivity contribution < 1.29 is 9.90 Å². The van der Waals surface area contributed by atoms with Crippen molar-refractivity contribution >= 4 is 28.9 Å². The minimum atomic E-state index is 0.210. The molecule has 1 aromatic rings. The van der Waals surface area contributed by atoms with Gasteiger partial charge in [0, 0.05) is 9.99 Å². The number of halogens is 1. The van der Waals surface area contributed by atoms with Gasteiger partial charge in [-0.05, 0) is 23.8 Å². The zero-order valence-corrected chi connectivity index (χ0v) is 7.91. The van der Waals surface area contributed by atoms with Crippen molar-refractivity contribution in [3.8, 4) is 5.75 Å². The highest BCUT2D eigenvalue weighted by Crippen LogP contribution is 2.17. The van der Waals surface area contributed by atoms with Crippen LogP contribution < -0.4 is 0 Å². The van der Waals surface area contributed by atoms with Crippen LogP contribution in [0.15, 0.2) is 18.2 Å². The number of phenolic OH excluding ortho intramolecular Hbond substituents is 1. The average Bonchev–Trinajstić information content (AvgIpc) is 2.04. The zero-order valence-electron chi connectivity index (χ0n) is 5.75. The van der Waals surface area contributed by atoms with E-state index in [2.05, 4.69) is 22.6 Å². The van der Waals surface area contributed by atoms with Gasteiger partial charge < -0.3 is 5.11 Å². The molecule has 1 N–H and O–H groups in total. The molecule has 0 atom stereocenters. The van der Waals surface area contributed by atoms with Gasteiger partial charge >= 0.3 is 0 Å². The van der Waals surface area contributed by atoms with Crippen LogP contribution in [0.25, 0.3) is 0 Å². The number of alkyl halides is 1. The molecule has 0 aromatic heterocycles. The second-order valence-electron chi connectivity index (χ2n) is 2.13. The molecule has 0 spiro atoms. The van der Waals surface area contributed by atoms with Gasteiger partial charge in [0.05, 0.1) is 0 Å². The largest absolute Gasteiger partial charge is 0.508 e. The number of aldehydes is 1. The highest BCUT2D eigenvalue weighted by Gasteiger charge is 1.99. The second kappa shape index (κ2) is 3.71. The van der Waals surface area contributed by atoms with Crippen LogP contribution in [-0.4, -0.2) is 11.4 Å². The van der Waals surface area contributed by atoms with Crippen molar-refractivity contribution in [1.29, 1.82) is 0 Å². The summed E-state index contributed by atoms with van der Waals surface area (Å²) < 4.78 is 0.736. The maximum Gasteiger partial charge on any atom is 0.150 e. The van der Waals surface area contributed by atoms with Gasteiger partial charge in [0.25, 0.3) is 0 Å². The predicted molar refractivity (Wildman–Crippen MR) is 51.2 cm³/mol. The summed E-state index contributed by atoms with van der Waals surface area (Å²) in [7, 11) is 0. The smallest absolute Gasteiger partial charge is 0.150 e. The highest BCUT2D eigenvalue weighted by atomic mass is 127. The van der Waals surface area contributed by atoms with Gasteiger partial charge in [0.1, 0.15) is 12.0 Å². The van der Waals surface area contributed by atoms with E-state index in [0.717, 1.165) is 16.3 Å². The van der Waals surface area contributed by atoms with E-state index in [4.69, 9.17) is 5.11 Å². The maximum absolute atomic E-state index is 10.4. The Hall–Kier alpha value is -0.580. The van der Waals surface area contributed by atoms with Crippen LogP contribution in [0.3, 0.4) is 0 Å². The standard InChI is InChI=1S/C8H7IO2/c9-4-7-3-8(11)2-1-6(7)5-10/h1-3,5,11H,4H2. The summed E-state index contributed by atoms with van der Waals surface area (Å²) in [5.41, 5.74) is 1.53. The van der Waals surface area contributed by atoms with Crippen LogP contribution in [0.5, 0.6) is 5.75 Å². The molecule has 0 aliphatic carbocycles. The Bertz CT molecular complexity index is 271. The quantitative estimate of drug-likeness (QED) is 0.503. The number of aromatic hydroxyl groups is 1. The first kappa shape index (κ1) is 8.52. The van der Waals surface area contributed by atoms with Crippen molar-refractivity contribution in [3.63, 3.8) is 0 Å². The molecule has 58 valence electrons. The number of carbonyl (C=O) groups excluding carboxylic acids is 1. The molecule has 1 aromatic carbocycles. The van der Waals surface area contributed by atoms with Gasteiger partial charge in [0.15, 0.2) is 0 Å². The molecular formula is C8H7IO2. The van der Waals surface area contributed by atoms with Crippen LogP contribution >= 0.6 is 22.6 Å². The number of hydrogen-bond acceptors (Lipinski definition) is 2. The van der Waals surface area contributed by atoms with E-state index in [0.29, 0.717) is 5.56 Å². The van der Waals surface area contributed by atoms with E-state index < -0.39 is 0 Å². The molecule has 0 radical (unpaired) electrons. The fourth-order valence-corrected chi connectivity index (χ4v) is 1.48. The Labute approximate surface area is 78.4 Å². The van der Waals surface area contributed by atoms with E-state index in [-0.39, 0.29) is 5.75 Å². The summed E-state index contributed by atoms with van der Waals surface area (Å²) in [5, 5.41) is 9.04. The van der Waals surface area contributed by atoms with E-state index in [9.17, 15) is 4.79 Å². The van der Waals surface area contributed by atoms with Crippen LogP contribution in [0.2, 0.25) is 0 Å². The van der Waals surface area contributed by atoms with Crippen molar-refractivity contribution in [2.24, 2.45) is 0 Å². The Morgan fingerprint density at radius 3 is 2.82 bits per heavy atom. The fraction of sp³-hybridized carbons (Fsp3) is 0.125. The normalized spacial score (nSPS) is 9.55. The van der Waals surface area contributed by atoms with Crippen molar-refractivity contribution in [2.75, 3.05) is 0 Å². The minimum absolute atomic E-state index is 0.210. The number of rotatable bonds is 2. The third-order valence-electron chi connectivity index (χ3n) is 1.40. The van der Waals surface area contributed by atoms with Gasteiger partial charge in [-0.2, -0.15) is 0 Å². The van der Waals surface area contributed by atoms with E-state index in [1.165, 1.54) is 6.07 Å². The molecule has 3 heteroatoms. The molecule has 0 amide bonds. The molecule has 0 fully saturated rings. The molecule has 0 unspecified atom stereocenters. The van der Waals surface area contributed by atoms with E-state index >= 15 is 0 Å². The average molecular weight is 262 g/mol. The van der Waals surface area contributed by atoms with Gasteiger partial charge in [0.2, 0.25) is 0 Å². The molecule has 0 saturated heterocycles. The third-order valence-corrected chi connectivity index (χ3v) is 2.22. The summed E-state index contributed by atoms with van der Waals surface area (Å²) >= 11 is 2.15. The lowest BCUT2D eigenvalue weighted by atomic mass is 10.1. The summed E-state index contributed by atoms with van der Waals surface area (Å²) in [5.74, 6) is 0.210. The number of hydrogen-bond donors (Lipinski definition) is 1. The topological polar surface area (TPSA) is 37.3 Å². The Morgan fingerprint density at radius 2 is 2.27 bits per heavy atom. The first-order chi connectivity index (χ1) is 5.27. The molecule has 2 nitrogen and oxygen atoms in total. The molecule has 0 aliphatic rings. The lowest BCUT2D eigenvalue weighted by Gasteiger charge is -1.99. The first-order valence-electron chi connectivity index (χ1n) is 3.11. The number of benzene rings is 1. The third kappa shape index (κ3) is 1.92. The van der Waals surface area contributed by atoms with E-state index in [1.807, 2.05) is 0 Å². The van der Waals surface area contributed by atoms with Crippen molar-refractivity contribution in [1.82, 2.24) is 0 Å². The van der Waals surface area contributed by atoms with Gasteiger partial charge in [-0.3, -0.25) is 4.79 Å². The maximum atomic E-state index is 10.4. The molecule has 0 heterocycles. The predicted octanol–water partition coefficient (Wildman–Crippen LogP) is 2.14. The number of phenols is 1. The number of carbonyl (C=O) groups is 1. The zero-order chi connectivity index (χ0) is 8.27. The van der Waals surface area contributed by atoms with Crippen molar-refractivity contribution in [3.05, 3.63) is 29.3 Å². The SMILES string of the molecule is O=Cc1ccc(O)cc1CI. The molecular weight excluding hydrogens is 255 g/mol. The van der Waals surface area contributed by atoms with Crippen molar-refractivity contribution in [2.45, 2.75) is 4.43 Å². The molecule has 1 rings (SSSR count). The summed E-state index contributed by atoms with van der Waals surface area (Å²) in [6, 6.07) is 4.74. The molecule has 0 aliphatic heterocycles. The van der Waals surface area contributed by atoms with Gasteiger partial charge in [-0.15, -0.1) is 0 Å². The summed E-state index contributed by atoms with van der Waals surface area (Å²) in [6.45, 7) is 0. The van der Waals surface area contributed by atoms with Gasteiger partial charge in [-0.25, -0.2) is 0 Å². The monoisotopic (exact) mass is 262 g/mol. The lowest BCUT2D eigenvalue weighted by Crippen LogP contribution is -1.87. The van der Waals surface area contributed by atoms with Crippen LogP contribution in [-0.2, 0) is 4.43 Å². The Balaban J connectivity index is 3.16. The fourth-order valence-electron chi connectivity index (χ4n) is 0.823. The molecule has 0 bridgehead atoms. The van der Waals surface area contributed by atoms with Crippen LogP contribution in [0.4, 0.5) is 0 Å². The lowest BCUT2D eigenvalue weighted by molar-refractivity contribution is 0.112. The summed E-state index contributed by atoms with van der Waals surface area (Å²) in [6.07, 6.45) is 0.799. The Kier molecular flexibility index (Phi) is 2.87.